The molecule has 1 aliphatic rings. The van der Waals surface area contributed by atoms with E-state index in [1.165, 1.54) is 29.7 Å². The lowest BCUT2D eigenvalue weighted by atomic mass is 9.83. The van der Waals surface area contributed by atoms with E-state index in [0.717, 1.165) is 36.6 Å². The molecule has 0 amide bonds. The van der Waals surface area contributed by atoms with Gasteiger partial charge in [0.25, 0.3) is 5.69 Å². The molecule has 0 N–H and O–H groups in total. The second kappa shape index (κ2) is 7.66. The van der Waals surface area contributed by atoms with Crippen molar-refractivity contribution in [3.8, 4) is 5.75 Å². The molecule has 5 heteroatoms. The number of hydrogen-bond acceptors (Lipinski definition) is 4. The minimum absolute atomic E-state index is 0.102. The highest BCUT2D eigenvalue weighted by molar-refractivity contribution is 5.38. The highest BCUT2D eigenvalue weighted by Crippen LogP contribution is 2.29. The molecule has 132 valence electrons. The third kappa shape index (κ3) is 4.57. The molecule has 0 spiro atoms. The Kier molecular flexibility index (Phi) is 5.34. The first-order valence-corrected chi connectivity index (χ1v) is 8.64. The maximum atomic E-state index is 10.7. The van der Waals surface area contributed by atoms with E-state index >= 15 is 0 Å². The van der Waals surface area contributed by atoms with E-state index in [4.69, 9.17) is 4.74 Å². The predicted molar refractivity (Wildman–Crippen MR) is 97.9 cm³/mol. The van der Waals surface area contributed by atoms with Gasteiger partial charge in [0, 0.05) is 18.7 Å². The zero-order valence-corrected chi connectivity index (χ0v) is 14.8. The van der Waals surface area contributed by atoms with Gasteiger partial charge in [-0.2, -0.15) is 0 Å². The SMILES string of the molecule is CN(C)CC1CCc2cc(OCc3ccc([N+](=O)[O-])cc3)ccc2C1. The number of benzene rings is 2. The van der Waals surface area contributed by atoms with Crippen molar-refractivity contribution in [2.75, 3.05) is 20.6 Å². The topological polar surface area (TPSA) is 55.6 Å². The number of ether oxygens (including phenoxy) is 1. The summed E-state index contributed by atoms with van der Waals surface area (Å²) in [5.41, 5.74) is 3.84. The Morgan fingerprint density at radius 2 is 1.92 bits per heavy atom. The average molecular weight is 340 g/mol. The number of hydrogen-bond donors (Lipinski definition) is 0. The molecule has 1 atom stereocenters. The molecule has 3 rings (SSSR count). The van der Waals surface area contributed by atoms with Gasteiger partial charge in [-0.1, -0.05) is 6.07 Å². The number of nitrogens with zero attached hydrogens (tertiary/aromatic N) is 2. The van der Waals surface area contributed by atoms with E-state index in [1.54, 1.807) is 12.1 Å². The van der Waals surface area contributed by atoms with Crippen molar-refractivity contribution in [2.45, 2.75) is 25.9 Å². The first kappa shape index (κ1) is 17.4. The molecule has 0 heterocycles. The minimum Gasteiger partial charge on any atom is -0.489 e. The van der Waals surface area contributed by atoms with Crippen LogP contribution < -0.4 is 4.74 Å². The molecule has 0 aromatic heterocycles. The van der Waals surface area contributed by atoms with Crippen molar-refractivity contribution in [3.63, 3.8) is 0 Å². The molecule has 25 heavy (non-hydrogen) atoms. The molecule has 1 aliphatic carbocycles. The summed E-state index contributed by atoms with van der Waals surface area (Å²) in [7, 11) is 4.26. The van der Waals surface area contributed by atoms with E-state index < -0.39 is 4.92 Å². The largest absolute Gasteiger partial charge is 0.489 e. The summed E-state index contributed by atoms with van der Waals surface area (Å²) in [5, 5.41) is 10.7. The van der Waals surface area contributed by atoms with Crippen molar-refractivity contribution in [1.29, 1.82) is 0 Å². The molecular formula is C20H24N2O3. The van der Waals surface area contributed by atoms with Gasteiger partial charge >= 0.3 is 0 Å². The molecule has 2 aromatic rings. The van der Waals surface area contributed by atoms with Crippen molar-refractivity contribution >= 4 is 5.69 Å². The molecule has 0 bridgehead atoms. The summed E-state index contributed by atoms with van der Waals surface area (Å²) in [6, 6.07) is 12.9. The van der Waals surface area contributed by atoms with Crippen LogP contribution in [0.2, 0.25) is 0 Å². The zero-order chi connectivity index (χ0) is 17.8. The number of non-ortho nitro benzene ring substituents is 1. The van der Waals surface area contributed by atoms with E-state index in [-0.39, 0.29) is 5.69 Å². The lowest BCUT2D eigenvalue weighted by Crippen LogP contribution is -2.26. The molecule has 1 unspecified atom stereocenters. The van der Waals surface area contributed by atoms with E-state index in [0.29, 0.717) is 6.61 Å². The first-order chi connectivity index (χ1) is 12.0. The zero-order valence-electron chi connectivity index (χ0n) is 14.8. The second-order valence-corrected chi connectivity index (χ2v) is 7.01. The van der Waals surface area contributed by atoms with Gasteiger partial charge in [0.15, 0.2) is 0 Å². The number of aryl methyl sites for hydroxylation is 1. The maximum absolute atomic E-state index is 10.7. The Labute approximate surface area is 148 Å². The van der Waals surface area contributed by atoms with Crippen LogP contribution in [0.1, 0.15) is 23.1 Å². The molecule has 0 fully saturated rings. The van der Waals surface area contributed by atoms with Crippen molar-refractivity contribution in [1.82, 2.24) is 4.90 Å². The minimum atomic E-state index is -0.391. The third-order valence-corrected chi connectivity index (χ3v) is 4.68. The van der Waals surface area contributed by atoms with Gasteiger partial charge in [0.05, 0.1) is 4.92 Å². The Bertz CT molecular complexity index is 741. The quantitative estimate of drug-likeness (QED) is 0.592. The van der Waals surface area contributed by atoms with Gasteiger partial charge < -0.3 is 9.64 Å². The van der Waals surface area contributed by atoms with Crippen molar-refractivity contribution < 1.29 is 9.66 Å². The Hall–Kier alpha value is -2.40. The fourth-order valence-corrected chi connectivity index (χ4v) is 3.45. The lowest BCUT2D eigenvalue weighted by molar-refractivity contribution is -0.384. The summed E-state index contributed by atoms with van der Waals surface area (Å²) in [6.45, 7) is 1.55. The Morgan fingerprint density at radius 1 is 1.16 bits per heavy atom. The van der Waals surface area contributed by atoms with Gasteiger partial charge in [-0.25, -0.2) is 0 Å². The third-order valence-electron chi connectivity index (χ3n) is 4.68. The van der Waals surface area contributed by atoms with E-state index in [1.807, 2.05) is 6.07 Å². The van der Waals surface area contributed by atoms with Crippen LogP contribution in [0.3, 0.4) is 0 Å². The van der Waals surface area contributed by atoms with Crippen molar-refractivity contribution in [3.05, 3.63) is 69.3 Å². The predicted octanol–water partition coefficient (Wildman–Crippen LogP) is 3.84. The Balaban J connectivity index is 1.60. The van der Waals surface area contributed by atoms with Crippen LogP contribution in [-0.2, 0) is 19.4 Å². The van der Waals surface area contributed by atoms with Crippen LogP contribution in [0.5, 0.6) is 5.75 Å². The summed E-state index contributed by atoms with van der Waals surface area (Å²) in [5.74, 6) is 1.59. The van der Waals surface area contributed by atoms with Gasteiger partial charge in [-0.3, -0.25) is 10.1 Å². The number of rotatable bonds is 6. The summed E-state index contributed by atoms with van der Waals surface area (Å²) < 4.78 is 5.87. The van der Waals surface area contributed by atoms with Crippen LogP contribution in [0.15, 0.2) is 42.5 Å². The molecular weight excluding hydrogens is 316 g/mol. The van der Waals surface area contributed by atoms with Gasteiger partial charge in [-0.05, 0) is 80.2 Å². The molecule has 2 aromatic carbocycles. The average Bonchev–Trinajstić information content (AvgIpc) is 2.59. The smallest absolute Gasteiger partial charge is 0.269 e. The normalized spacial score (nSPS) is 16.5. The molecule has 5 nitrogen and oxygen atoms in total. The maximum Gasteiger partial charge on any atom is 0.269 e. The summed E-state index contributed by atoms with van der Waals surface area (Å²) >= 11 is 0. The lowest BCUT2D eigenvalue weighted by Gasteiger charge is -2.27. The Morgan fingerprint density at radius 3 is 2.60 bits per heavy atom. The highest BCUT2D eigenvalue weighted by Gasteiger charge is 2.19. The molecule has 0 saturated carbocycles. The first-order valence-electron chi connectivity index (χ1n) is 8.64. The summed E-state index contributed by atoms with van der Waals surface area (Å²) in [4.78, 5) is 12.6. The molecule has 0 saturated heterocycles. The number of nitro benzene ring substituents is 1. The van der Waals surface area contributed by atoms with Gasteiger partial charge in [-0.15, -0.1) is 0 Å². The molecule has 0 radical (unpaired) electrons. The van der Waals surface area contributed by atoms with Crippen LogP contribution in [0, 0.1) is 16.0 Å². The van der Waals surface area contributed by atoms with Crippen LogP contribution in [0.4, 0.5) is 5.69 Å². The number of nitro groups is 1. The number of fused-ring (bicyclic) bond motifs is 1. The monoisotopic (exact) mass is 340 g/mol. The van der Waals surface area contributed by atoms with Gasteiger partial charge in [0.2, 0.25) is 0 Å². The summed E-state index contributed by atoms with van der Waals surface area (Å²) in [6.07, 6.45) is 3.45. The van der Waals surface area contributed by atoms with E-state index in [2.05, 4.69) is 31.1 Å². The highest BCUT2D eigenvalue weighted by atomic mass is 16.6. The van der Waals surface area contributed by atoms with Crippen LogP contribution >= 0.6 is 0 Å². The van der Waals surface area contributed by atoms with Crippen LogP contribution in [0.25, 0.3) is 0 Å². The van der Waals surface area contributed by atoms with Gasteiger partial charge in [0.1, 0.15) is 12.4 Å². The standard InChI is InChI=1S/C20H24N2O3/c1-21(2)13-16-3-6-18-12-20(10-7-17(18)11-16)25-14-15-4-8-19(9-5-15)22(23)24/h4-5,7-10,12,16H,3,6,11,13-14H2,1-2H3. The second-order valence-electron chi connectivity index (χ2n) is 7.01. The fourth-order valence-electron chi connectivity index (χ4n) is 3.45. The van der Waals surface area contributed by atoms with E-state index in [9.17, 15) is 10.1 Å². The van der Waals surface area contributed by atoms with Crippen LogP contribution in [-0.4, -0.2) is 30.5 Å². The fraction of sp³-hybridized carbons (Fsp3) is 0.400. The van der Waals surface area contributed by atoms with Crippen molar-refractivity contribution in [2.24, 2.45) is 5.92 Å². The molecule has 0 aliphatic heterocycles.